The van der Waals surface area contributed by atoms with Crippen LogP contribution in [-0.4, -0.2) is 0 Å². The Morgan fingerprint density at radius 3 is 2.46 bits per heavy atom. The van der Waals surface area contributed by atoms with Crippen LogP contribution in [0.4, 0.5) is 0 Å². The summed E-state index contributed by atoms with van der Waals surface area (Å²) >= 11 is 2.32. The van der Waals surface area contributed by atoms with Crippen LogP contribution in [0.2, 0.25) is 0 Å². The highest BCUT2D eigenvalue weighted by Gasteiger charge is 2.24. The smallest absolute Gasteiger partial charge is 0.0297 e. The Kier molecular flexibility index (Phi) is 2.89. The van der Waals surface area contributed by atoms with Crippen molar-refractivity contribution in [3.05, 3.63) is 33.4 Å². The molecule has 0 aliphatic heterocycles. The molecule has 1 aromatic carbocycles. The van der Waals surface area contributed by atoms with Gasteiger partial charge in [-0.25, -0.2) is 0 Å². The van der Waals surface area contributed by atoms with Crippen molar-refractivity contribution in [3.63, 3.8) is 0 Å². The standard InChI is InChI=1S/C11H14IN/c12-10-5-3-9(4-6-10)11(13)7-8-1-2-8/h3-6,8,11H,1-2,7,13H2/t11-/m0/s1. The van der Waals surface area contributed by atoms with Gasteiger partial charge in [-0.2, -0.15) is 0 Å². The molecule has 0 amide bonds. The van der Waals surface area contributed by atoms with Crippen LogP contribution in [0.25, 0.3) is 0 Å². The van der Waals surface area contributed by atoms with E-state index in [9.17, 15) is 0 Å². The molecule has 1 atom stereocenters. The summed E-state index contributed by atoms with van der Waals surface area (Å²) in [6, 6.07) is 8.80. The van der Waals surface area contributed by atoms with Crippen molar-refractivity contribution in [2.45, 2.75) is 25.3 Å². The first-order valence-corrected chi connectivity index (χ1v) is 5.84. The van der Waals surface area contributed by atoms with Gasteiger partial charge < -0.3 is 5.73 Å². The lowest BCUT2D eigenvalue weighted by Crippen LogP contribution is -2.10. The highest BCUT2D eigenvalue weighted by atomic mass is 127. The maximum Gasteiger partial charge on any atom is 0.0297 e. The van der Waals surface area contributed by atoms with Gasteiger partial charge in [-0.15, -0.1) is 0 Å². The Labute approximate surface area is 92.9 Å². The van der Waals surface area contributed by atoms with E-state index in [1.165, 1.54) is 28.4 Å². The van der Waals surface area contributed by atoms with Gasteiger partial charge in [-0.3, -0.25) is 0 Å². The first-order chi connectivity index (χ1) is 6.25. The Morgan fingerprint density at radius 1 is 1.31 bits per heavy atom. The van der Waals surface area contributed by atoms with E-state index in [0.717, 1.165) is 5.92 Å². The molecule has 0 bridgehead atoms. The molecule has 1 aliphatic rings. The summed E-state index contributed by atoms with van der Waals surface area (Å²) < 4.78 is 1.28. The van der Waals surface area contributed by atoms with Crippen LogP contribution in [0.5, 0.6) is 0 Å². The highest BCUT2D eigenvalue weighted by molar-refractivity contribution is 14.1. The van der Waals surface area contributed by atoms with E-state index in [2.05, 4.69) is 46.9 Å². The molecule has 0 spiro atoms. The monoisotopic (exact) mass is 287 g/mol. The fraction of sp³-hybridized carbons (Fsp3) is 0.455. The van der Waals surface area contributed by atoms with E-state index in [0.29, 0.717) is 0 Å². The van der Waals surface area contributed by atoms with Crippen molar-refractivity contribution in [3.8, 4) is 0 Å². The SMILES string of the molecule is N[C@@H](CC1CC1)c1ccc(I)cc1. The van der Waals surface area contributed by atoms with Gasteiger partial charge in [0.05, 0.1) is 0 Å². The van der Waals surface area contributed by atoms with Crippen molar-refractivity contribution in [2.24, 2.45) is 11.7 Å². The van der Waals surface area contributed by atoms with Crippen LogP contribution in [0.15, 0.2) is 24.3 Å². The van der Waals surface area contributed by atoms with Gasteiger partial charge in [-0.05, 0) is 52.6 Å². The summed E-state index contributed by atoms with van der Waals surface area (Å²) in [4.78, 5) is 0. The average Bonchev–Trinajstić information content (AvgIpc) is 2.89. The molecule has 1 fully saturated rings. The second kappa shape index (κ2) is 3.96. The molecule has 0 unspecified atom stereocenters. The van der Waals surface area contributed by atoms with Crippen LogP contribution in [0, 0.1) is 9.49 Å². The van der Waals surface area contributed by atoms with Crippen LogP contribution < -0.4 is 5.73 Å². The zero-order valence-electron chi connectivity index (χ0n) is 7.54. The molecule has 0 radical (unpaired) electrons. The van der Waals surface area contributed by atoms with Crippen molar-refractivity contribution in [1.29, 1.82) is 0 Å². The minimum Gasteiger partial charge on any atom is -0.324 e. The van der Waals surface area contributed by atoms with Gasteiger partial charge in [0, 0.05) is 9.61 Å². The number of rotatable bonds is 3. The van der Waals surface area contributed by atoms with Crippen LogP contribution in [-0.2, 0) is 0 Å². The fourth-order valence-electron chi connectivity index (χ4n) is 1.56. The molecule has 13 heavy (non-hydrogen) atoms. The average molecular weight is 287 g/mol. The first-order valence-electron chi connectivity index (χ1n) is 4.77. The number of halogens is 1. The molecular formula is C11H14IN. The molecule has 1 nitrogen and oxygen atoms in total. The summed E-state index contributed by atoms with van der Waals surface area (Å²) in [7, 11) is 0. The maximum atomic E-state index is 6.08. The predicted molar refractivity (Wildman–Crippen MR) is 63.4 cm³/mol. The summed E-state index contributed by atoms with van der Waals surface area (Å²) in [5.41, 5.74) is 7.37. The third-order valence-electron chi connectivity index (χ3n) is 2.58. The second-order valence-electron chi connectivity index (χ2n) is 3.84. The summed E-state index contributed by atoms with van der Waals surface area (Å²) in [5.74, 6) is 0.911. The zero-order chi connectivity index (χ0) is 9.26. The summed E-state index contributed by atoms with van der Waals surface area (Å²) in [5, 5.41) is 0. The Balaban J connectivity index is 2.01. The lowest BCUT2D eigenvalue weighted by molar-refractivity contribution is 0.597. The molecule has 1 aromatic rings. The number of hydrogen-bond acceptors (Lipinski definition) is 1. The fourth-order valence-corrected chi connectivity index (χ4v) is 1.92. The highest BCUT2D eigenvalue weighted by Crippen LogP contribution is 2.36. The van der Waals surface area contributed by atoms with Gasteiger partial charge in [0.15, 0.2) is 0 Å². The molecule has 2 N–H and O–H groups in total. The van der Waals surface area contributed by atoms with E-state index in [4.69, 9.17) is 5.73 Å². The Morgan fingerprint density at radius 2 is 1.92 bits per heavy atom. The Bertz CT molecular complexity index is 277. The van der Waals surface area contributed by atoms with Gasteiger partial charge in [0.25, 0.3) is 0 Å². The van der Waals surface area contributed by atoms with E-state index in [-0.39, 0.29) is 6.04 Å². The summed E-state index contributed by atoms with van der Waals surface area (Å²) in [6.45, 7) is 0. The summed E-state index contributed by atoms with van der Waals surface area (Å²) in [6.07, 6.45) is 3.94. The normalized spacial score (nSPS) is 18.6. The number of benzene rings is 1. The quantitative estimate of drug-likeness (QED) is 0.849. The molecule has 2 heteroatoms. The maximum absolute atomic E-state index is 6.08. The third-order valence-corrected chi connectivity index (χ3v) is 3.30. The van der Waals surface area contributed by atoms with E-state index in [1.807, 2.05) is 0 Å². The molecule has 2 rings (SSSR count). The van der Waals surface area contributed by atoms with Gasteiger partial charge in [0.1, 0.15) is 0 Å². The Hall–Kier alpha value is -0.0900. The van der Waals surface area contributed by atoms with Crippen molar-refractivity contribution < 1.29 is 0 Å². The molecule has 0 aromatic heterocycles. The predicted octanol–water partition coefficient (Wildman–Crippen LogP) is 3.09. The lowest BCUT2D eigenvalue weighted by Gasteiger charge is -2.10. The lowest BCUT2D eigenvalue weighted by atomic mass is 10.0. The third kappa shape index (κ3) is 2.68. The van der Waals surface area contributed by atoms with Gasteiger partial charge >= 0.3 is 0 Å². The van der Waals surface area contributed by atoms with Crippen molar-refractivity contribution in [1.82, 2.24) is 0 Å². The van der Waals surface area contributed by atoms with Gasteiger partial charge in [0.2, 0.25) is 0 Å². The largest absolute Gasteiger partial charge is 0.324 e. The van der Waals surface area contributed by atoms with Crippen molar-refractivity contribution >= 4 is 22.6 Å². The molecule has 70 valence electrons. The minimum absolute atomic E-state index is 0.254. The number of nitrogens with two attached hydrogens (primary N) is 1. The zero-order valence-corrected chi connectivity index (χ0v) is 9.70. The molecule has 0 saturated heterocycles. The van der Waals surface area contributed by atoms with E-state index in [1.54, 1.807) is 0 Å². The van der Waals surface area contributed by atoms with Crippen molar-refractivity contribution in [2.75, 3.05) is 0 Å². The van der Waals surface area contributed by atoms with Crippen LogP contribution in [0.1, 0.15) is 30.9 Å². The van der Waals surface area contributed by atoms with Gasteiger partial charge in [-0.1, -0.05) is 25.0 Å². The first kappa shape index (κ1) is 9.46. The number of hydrogen-bond donors (Lipinski definition) is 1. The topological polar surface area (TPSA) is 26.0 Å². The van der Waals surface area contributed by atoms with E-state index < -0.39 is 0 Å². The molecule has 1 aliphatic carbocycles. The molecule has 0 heterocycles. The molecule has 1 saturated carbocycles. The second-order valence-corrected chi connectivity index (χ2v) is 5.08. The van der Waals surface area contributed by atoms with Crippen LogP contribution in [0.3, 0.4) is 0 Å². The molecular weight excluding hydrogens is 273 g/mol. The minimum atomic E-state index is 0.254. The van der Waals surface area contributed by atoms with Crippen LogP contribution >= 0.6 is 22.6 Å². The van der Waals surface area contributed by atoms with E-state index >= 15 is 0 Å².